The van der Waals surface area contributed by atoms with Crippen LogP contribution in [-0.2, 0) is 0 Å². The summed E-state index contributed by atoms with van der Waals surface area (Å²) in [6.07, 6.45) is 4.30. The molecule has 2 aromatic heterocycles. The maximum atomic E-state index is 12.0. The van der Waals surface area contributed by atoms with Crippen molar-refractivity contribution in [2.75, 3.05) is 20.1 Å². The van der Waals surface area contributed by atoms with Gasteiger partial charge in [-0.15, -0.1) is 0 Å². The Labute approximate surface area is 112 Å². The molecule has 0 N–H and O–H groups in total. The van der Waals surface area contributed by atoms with Gasteiger partial charge in [0.25, 0.3) is 5.56 Å². The van der Waals surface area contributed by atoms with E-state index in [2.05, 4.69) is 23.0 Å². The van der Waals surface area contributed by atoms with Crippen LogP contribution in [0, 0.1) is 6.92 Å². The van der Waals surface area contributed by atoms with Crippen molar-refractivity contribution in [3.8, 4) is 0 Å². The molecule has 0 aromatic carbocycles. The van der Waals surface area contributed by atoms with Gasteiger partial charge in [-0.05, 0) is 57.5 Å². The van der Waals surface area contributed by atoms with Gasteiger partial charge in [0.05, 0.1) is 0 Å². The van der Waals surface area contributed by atoms with Crippen molar-refractivity contribution in [3.05, 3.63) is 46.0 Å². The van der Waals surface area contributed by atoms with Gasteiger partial charge in [0, 0.05) is 18.0 Å². The van der Waals surface area contributed by atoms with Crippen LogP contribution in [0.3, 0.4) is 0 Å². The summed E-state index contributed by atoms with van der Waals surface area (Å²) in [5.74, 6) is 0.564. The molecule has 0 bridgehead atoms. The van der Waals surface area contributed by atoms with E-state index < -0.39 is 0 Å². The molecular weight excluding hydrogens is 238 g/mol. The summed E-state index contributed by atoms with van der Waals surface area (Å²) < 4.78 is 1.67. The van der Waals surface area contributed by atoms with Crippen LogP contribution in [0.4, 0.5) is 0 Å². The summed E-state index contributed by atoms with van der Waals surface area (Å²) in [5.41, 5.74) is 2.78. The van der Waals surface area contributed by atoms with E-state index in [1.54, 1.807) is 10.5 Å². The Bertz CT molecular complexity index is 654. The molecule has 1 aliphatic rings. The molecule has 19 heavy (non-hydrogen) atoms. The molecule has 0 atom stereocenters. The van der Waals surface area contributed by atoms with E-state index in [0.29, 0.717) is 5.92 Å². The summed E-state index contributed by atoms with van der Waals surface area (Å²) in [7, 11) is 2.16. The first-order chi connectivity index (χ1) is 9.13. The second kappa shape index (κ2) is 4.78. The molecule has 3 rings (SSSR count). The number of aryl methyl sites for hydroxylation is 1. The molecule has 0 radical (unpaired) electrons. The van der Waals surface area contributed by atoms with Crippen molar-refractivity contribution in [1.82, 2.24) is 14.3 Å². The molecule has 0 saturated carbocycles. The first-order valence-electron chi connectivity index (χ1n) is 6.82. The zero-order valence-corrected chi connectivity index (χ0v) is 11.5. The lowest BCUT2D eigenvalue weighted by Crippen LogP contribution is -2.29. The third-order valence-corrected chi connectivity index (χ3v) is 4.00. The van der Waals surface area contributed by atoms with Crippen LogP contribution in [0.25, 0.3) is 5.65 Å². The van der Waals surface area contributed by atoms with Crippen LogP contribution in [0.5, 0.6) is 0 Å². The average Bonchev–Trinajstić information content (AvgIpc) is 2.39. The van der Waals surface area contributed by atoms with E-state index in [1.165, 1.54) is 5.56 Å². The van der Waals surface area contributed by atoms with Crippen LogP contribution in [0.15, 0.2) is 29.2 Å². The van der Waals surface area contributed by atoms with E-state index in [4.69, 9.17) is 0 Å². The van der Waals surface area contributed by atoms with Gasteiger partial charge in [-0.1, -0.05) is 6.07 Å². The molecule has 4 heteroatoms. The van der Waals surface area contributed by atoms with Crippen molar-refractivity contribution in [2.24, 2.45) is 0 Å². The molecule has 1 aliphatic heterocycles. The van der Waals surface area contributed by atoms with E-state index in [9.17, 15) is 4.79 Å². The minimum absolute atomic E-state index is 0.0114. The Balaban J connectivity index is 2.00. The SMILES string of the molecule is Cc1cc(=O)n2cc(C3CCN(C)CC3)ccc2n1. The van der Waals surface area contributed by atoms with Gasteiger partial charge in [-0.25, -0.2) is 4.98 Å². The van der Waals surface area contributed by atoms with Crippen LogP contribution in [-0.4, -0.2) is 34.4 Å². The maximum absolute atomic E-state index is 12.0. The summed E-state index contributed by atoms with van der Waals surface area (Å²) in [4.78, 5) is 18.7. The highest BCUT2D eigenvalue weighted by Crippen LogP contribution is 2.27. The second-order valence-electron chi connectivity index (χ2n) is 5.50. The Kier molecular flexibility index (Phi) is 3.11. The fourth-order valence-electron chi connectivity index (χ4n) is 2.82. The Morgan fingerprint density at radius 3 is 2.74 bits per heavy atom. The highest BCUT2D eigenvalue weighted by atomic mass is 16.1. The van der Waals surface area contributed by atoms with Crippen molar-refractivity contribution >= 4 is 5.65 Å². The fourth-order valence-corrected chi connectivity index (χ4v) is 2.82. The lowest BCUT2D eigenvalue weighted by molar-refractivity contribution is 0.255. The van der Waals surface area contributed by atoms with Crippen LogP contribution in [0.1, 0.15) is 30.0 Å². The third-order valence-electron chi connectivity index (χ3n) is 4.00. The number of fused-ring (bicyclic) bond motifs is 1. The van der Waals surface area contributed by atoms with Gasteiger partial charge in [0.15, 0.2) is 0 Å². The Morgan fingerprint density at radius 2 is 2.00 bits per heavy atom. The molecule has 4 nitrogen and oxygen atoms in total. The minimum Gasteiger partial charge on any atom is -0.306 e. The summed E-state index contributed by atoms with van der Waals surface area (Å²) >= 11 is 0. The second-order valence-corrected chi connectivity index (χ2v) is 5.50. The zero-order valence-electron chi connectivity index (χ0n) is 11.5. The lowest BCUT2D eigenvalue weighted by Gasteiger charge is -2.29. The number of hydrogen-bond acceptors (Lipinski definition) is 3. The average molecular weight is 257 g/mol. The highest BCUT2D eigenvalue weighted by Gasteiger charge is 2.18. The lowest BCUT2D eigenvalue weighted by atomic mass is 9.91. The number of hydrogen-bond donors (Lipinski definition) is 0. The van der Waals surface area contributed by atoms with Gasteiger partial charge in [0.1, 0.15) is 5.65 Å². The predicted molar refractivity (Wildman–Crippen MR) is 75.7 cm³/mol. The normalized spacial score (nSPS) is 18.0. The van der Waals surface area contributed by atoms with E-state index in [0.717, 1.165) is 37.3 Å². The fraction of sp³-hybridized carbons (Fsp3) is 0.467. The molecule has 1 saturated heterocycles. The van der Waals surface area contributed by atoms with Crippen LogP contribution < -0.4 is 5.56 Å². The van der Waals surface area contributed by atoms with Gasteiger partial charge in [0.2, 0.25) is 0 Å². The van der Waals surface area contributed by atoms with E-state index in [1.807, 2.05) is 19.2 Å². The number of rotatable bonds is 1. The summed E-state index contributed by atoms with van der Waals surface area (Å²) in [6.45, 7) is 4.11. The van der Waals surface area contributed by atoms with E-state index >= 15 is 0 Å². The van der Waals surface area contributed by atoms with Crippen molar-refractivity contribution in [1.29, 1.82) is 0 Å². The smallest absolute Gasteiger partial charge is 0.258 e. The molecule has 3 heterocycles. The molecular formula is C15H19N3O. The molecule has 0 unspecified atom stereocenters. The van der Waals surface area contributed by atoms with Crippen molar-refractivity contribution in [2.45, 2.75) is 25.7 Å². The van der Waals surface area contributed by atoms with Gasteiger partial charge in [-0.2, -0.15) is 0 Å². The van der Waals surface area contributed by atoms with Crippen molar-refractivity contribution in [3.63, 3.8) is 0 Å². The van der Waals surface area contributed by atoms with Crippen LogP contribution in [0.2, 0.25) is 0 Å². The molecule has 2 aromatic rings. The molecule has 0 aliphatic carbocycles. The number of aromatic nitrogens is 2. The number of likely N-dealkylation sites (tertiary alicyclic amines) is 1. The Hall–Kier alpha value is -1.68. The minimum atomic E-state index is 0.0114. The topological polar surface area (TPSA) is 37.6 Å². The molecule has 0 spiro atoms. The first-order valence-corrected chi connectivity index (χ1v) is 6.82. The molecule has 1 fully saturated rings. The maximum Gasteiger partial charge on any atom is 0.258 e. The van der Waals surface area contributed by atoms with E-state index in [-0.39, 0.29) is 5.56 Å². The number of nitrogens with zero attached hydrogens (tertiary/aromatic N) is 3. The Morgan fingerprint density at radius 1 is 1.26 bits per heavy atom. The largest absolute Gasteiger partial charge is 0.306 e. The zero-order chi connectivity index (χ0) is 13.4. The third kappa shape index (κ3) is 2.40. The number of pyridine rings is 1. The molecule has 100 valence electrons. The predicted octanol–water partition coefficient (Wildman–Crippen LogP) is 1.81. The van der Waals surface area contributed by atoms with Gasteiger partial charge >= 0.3 is 0 Å². The van der Waals surface area contributed by atoms with Crippen LogP contribution >= 0.6 is 0 Å². The van der Waals surface area contributed by atoms with Crippen molar-refractivity contribution < 1.29 is 0 Å². The number of piperidine rings is 1. The summed E-state index contributed by atoms with van der Waals surface area (Å²) in [5, 5.41) is 0. The summed E-state index contributed by atoms with van der Waals surface area (Å²) in [6, 6.07) is 5.67. The van der Waals surface area contributed by atoms with Gasteiger partial charge < -0.3 is 4.90 Å². The molecule has 0 amide bonds. The first kappa shape index (κ1) is 12.4. The standard InChI is InChI=1S/C15H19N3O/c1-11-9-15(19)18-10-13(3-4-14(18)16-11)12-5-7-17(2)8-6-12/h3-4,9-10,12H,5-8H2,1-2H3. The van der Waals surface area contributed by atoms with Gasteiger partial charge in [-0.3, -0.25) is 9.20 Å². The highest BCUT2D eigenvalue weighted by molar-refractivity contribution is 5.40. The monoisotopic (exact) mass is 257 g/mol. The quantitative estimate of drug-likeness (QED) is 0.782.